The van der Waals surface area contributed by atoms with Crippen LogP contribution in [-0.4, -0.2) is 61.9 Å². The van der Waals surface area contributed by atoms with Gasteiger partial charge in [-0.15, -0.1) is 5.10 Å². The quantitative estimate of drug-likeness (QED) is 0.657. The molecule has 3 aliphatic rings. The summed E-state index contributed by atoms with van der Waals surface area (Å²) in [5, 5.41) is 24.1. The minimum absolute atomic E-state index is 0.0449. The number of alkyl halides is 1. The van der Waals surface area contributed by atoms with Crippen LogP contribution < -0.4 is 4.74 Å². The molecule has 7 nitrogen and oxygen atoms in total. The smallest absolute Gasteiger partial charge is 0.294 e. The number of rotatable bonds is 4. The lowest BCUT2D eigenvalue weighted by Crippen LogP contribution is -2.47. The number of piperidine rings is 1. The summed E-state index contributed by atoms with van der Waals surface area (Å²) in [7, 11) is 2.00. The van der Waals surface area contributed by atoms with Gasteiger partial charge in [-0.1, -0.05) is 23.4 Å². The highest BCUT2D eigenvalue weighted by Crippen LogP contribution is 2.44. The van der Waals surface area contributed by atoms with E-state index >= 15 is 4.39 Å². The van der Waals surface area contributed by atoms with Crippen LogP contribution in [0.3, 0.4) is 0 Å². The van der Waals surface area contributed by atoms with Crippen LogP contribution in [0.4, 0.5) is 4.39 Å². The van der Waals surface area contributed by atoms with E-state index in [0.717, 1.165) is 30.8 Å². The Morgan fingerprint density at radius 3 is 2.84 bits per heavy atom. The van der Waals surface area contributed by atoms with E-state index in [1.165, 1.54) is 11.3 Å². The minimum atomic E-state index is -1.06. The van der Waals surface area contributed by atoms with Gasteiger partial charge in [0.15, 0.2) is 11.2 Å². The normalized spacial score (nSPS) is 28.6. The fraction of sp³-hybridized carbons (Fsp3) is 0.500. The molecule has 2 saturated heterocycles. The predicted molar refractivity (Wildman–Crippen MR) is 117 cm³/mol. The van der Waals surface area contributed by atoms with Crippen molar-refractivity contribution >= 4 is 11.3 Å². The van der Waals surface area contributed by atoms with E-state index in [4.69, 9.17) is 4.74 Å². The summed E-state index contributed by atoms with van der Waals surface area (Å²) in [4.78, 5) is 2.13. The lowest BCUT2D eigenvalue weighted by molar-refractivity contribution is 0.0468. The van der Waals surface area contributed by atoms with Gasteiger partial charge in [0, 0.05) is 24.8 Å². The third kappa shape index (κ3) is 3.80. The molecule has 0 amide bonds. The summed E-state index contributed by atoms with van der Waals surface area (Å²) in [6.45, 7) is 5.00. The number of nitrogens with zero attached hydrogens (tertiary/aromatic N) is 5. The average molecular weight is 444 g/mol. The van der Waals surface area contributed by atoms with E-state index in [2.05, 4.69) is 27.1 Å². The van der Waals surface area contributed by atoms with Gasteiger partial charge in [-0.05, 0) is 56.8 Å². The molecule has 1 N–H and O–H groups in total. The van der Waals surface area contributed by atoms with Gasteiger partial charge in [0.2, 0.25) is 0 Å². The molecule has 1 aromatic carbocycles. The third-order valence-corrected chi connectivity index (χ3v) is 7.36. The van der Waals surface area contributed by atoms with Crippen LogP contribution in [0.5, 0.6) is 10.9 Å². The van der Waals surface area contributed by atoms with Gasteiger partial charge >= 0.3 is 0 Å². The number of halogens is 1. The number of ether oxygens (including phenoxy) is 1. The topological polar surface area (TPSA) is 76.3 Å². The summed E-state index contributed by atoms with van der Waals surface area (Å²) in [6.07, 6.45) is 2.76. The maximum Gasteiger partial charge on any atom is 0.294 e. The summed E-state index contributed by atoms with van der Waals surface area (Å²) < 4.78 is 23.0. The van der Waals surface area contributed by atoms with Crippen LogP contribution in [0.15, 0.2) is 30.5 Å². The van der Waals surface area contributed by atoms with Crippen molar-refractivity contribution in [3.63, 3.8) is 0 Å². The van der Waals surface area contributed by atoms with Crippen molar-refractivity contribution in [3.8, 4) is 27.2 Å². The maximum absolute atomic E-state index is 15.2. The SMILES string of the molecule is Cc1ccn(-c2ccc(-c3nnc(OC4CC5(C)CCC(C4F)N(C)C5)s3)c(O)c2)n1. The monoisotopic (exact) mass is 443 g/mol. The lowest BCUT2D eigenvalue weighted by Gasteiger charge is -2.40. The second-order valence-corrected chi connectivity index (χ2v) is 10.1. The molecule has 1 aliphatic carbocycles. The molecule has 2 bridgehead atoms. The first-order valence-corrected chi connectivity index (χ1v) is 11.3. The van der Waals surface area contributed by atoms with Gasteiger partial charge in [-0.3, -0.25) is 4.90 Å². The Kier molecular flexibility index (Phi) is 4.97. The highest BCUT2D eigenvalue weighted by atomic mass is 32.1. The lowest BCUT2D eigenvalue weighted by atomic mass is 9.79. The fourth-order valence-electron chi connectivity index (χ4n) is 4.93. The Morgan fingerprint density at radius 2 is 2.13 bits per heavy atom. The van der Waals surface area contributed by atoms with E-state index in [1.807, 2.05) is 32.3 Å². The van der Waals surface area contributed by atoms with Crippen molar-refractivity contribution in [2.75, 3.05) is 13.6 Å². The third-order valence-electron chi connectivity index (χ3n) is 6.51. The molecule has 0 radical (unpaired) electrons. The first kappa shape index (κ1) is 20.4. The van der Waals surface area contributed by atoms with E-state index in [1.54, 1.807) is 16.8 Å². The standard InChI is InChI=1S/C22H26FN5O2S/c1-13-7-9-28(26-13)14-4-5-15(17(29)10-14)20-24-25-21(31-20)30-18-11-22(2)8-6-16(19(18)23)27(3)12-22/h4-5,7,9-10,16,18-19,29H,6,8,11-12H2,1-3H3. The average Bonchev–Trinajstić information content (AvgIpc) is 3.32. The van der Waals surface area contributed by atoms with Gasteiger partial charge in [0.25, 0.3) is 5.19 Å². The van der Waals surface area contributed by atoms with Crippen molar-refractivity contribution < 1.29 is 14.2 Å². The van der Waals surface area contributed by atoms with Gasteiger partial charge in [-0.25, -0.2) is 9.07 Å². The van der Waals surface area contributed by atoms with Crippen molar-refractivity contribution in [2.45, 2.75) is 51.4 Å². The number of aromatic nitrogens is 4. The van der Waals surface area contributed by atoms with Crippen LogP contribution in [0.1, 0.15) is 31.9 Å². The molecule has 6 rings (SSSR count). The minimum Gasteiger partial charge on any atom is -0.507 e. The number of fused-ring (bicyclic) bond motifs is 4. The molecular formula is C22H26FN5O2S. The molecule has 164 valence electrons. The van der Waals surface area contributed by atoms with E-state index in [9.17, 15) is 5.11 Å². The Hall–Kier alpha value is -2.52. The zero-order valence-corrected chi connectivity index (χ0v) is 18.6. The number of phenols is 1. The first-order chi connectivity index (χ1) is 14.8. The summed E-state index contributed by atoms with van der Waals surface area (Å²) in [6, 6.07) is 7.07. The second-order valence-electron chi connectivity index (χ2n) is 9.11. The summed E-state index contributed by atoms with van der Waals surface area (Å²) in [5.41, 5.74) is 2.25. The molecule has 31 heavy (non-hydrogen) atoms. The number of aromatic hydroxyl groups is 1. The molecular weight excluding hydrogens is 417 g/mol. The second kappa shape index (κ2) is 7.56. The number of phenolic OH excluding ortho intramolecular Hbond substituents is 1. The van der Waals surface area contributed by atoms with E-state index in [0.29, 0.717) is 22.2 Å². The van der Waals surface area contributed by atoms with Crippen molar-refractivity contribution in [3.05, 3.63) is 36.2 Å². The number of hydrogen-bond acceptors (Lipinski definition) is 7. The Morgan fingerprint density at radius 1 is 1.29 bits per heavy atom. The first-order valence-electron chi connectivity index (χ1n) is 10.5. The molecule has 4 heterocycles. The highest BCUT2D eigenvalue weighted by Gasteiger charge is 2.48. The van der Waals surface area contributed by atoms with Crippen LogP contribution in [0, 0.1) is 12.3 Å². The molecule has 9 heteroatoms. The molecule has 4 unspecified atom stereocenters. The zero-order chi connectivity index (χ0) is 21.8. The predicted octanol–water partition coefficient (Wildman–Crippen LogP) is 3.99. The molecule has 3 aromatic rings. The van der Waals surface area contributed by atoms with Crippen molar-refractivity contribution in [1.82, 2.24) is 24.9 Å². The highest BCUT2D eigenvalue weighted by molar-refractivity contribution is 7.16. The maximum atomic E-state index is 15.2. The van der Waals surface area contributed by atoms with Crippen LogP contribution in [0.2, 0.25) is 0 Å². The summed E-state index contributed by atoms with van der Waals surface area (Å²) >= 11 is 1.22. The van der Waals surface area contributed by atoms with Crippen LogP contribution in [-0.2, 0) is 0 Å². The van der Waals surface area contributed by atoms with E-state index in [-0.39, 0.29) is 17.2 Å². The van der Waals surface area contributed by atoms with Crippen LogP contribution >= 0.6 is 11.3 Å². The largest absolute Gasteiger partial charge is 0.507 e. The molecule has 1 saturated carbocycles. The number of hydrogen-bond donors (Lipinski definition) is 1. The van der Waals surface area contributed by atoms with Gasteiger partial charge in [0.1, 0.15) is 11.9 Å². The fourth-order valence-corrected chi connectivity index (χ4v) is 5.72. The van der Waals surface area contributed by atoms with Gasteiger partial charge in [-0.2, -0.15) is 5.10 Å². The number of aryl methyl sites for hydroxylation is 1. The van der Waals surface area contributed by atoms with Gasteiger partial charge < -0.3 is 9.84 Å². The molecule has 4 atom stereocenters. The van der Waals surface area contributed by atoms with Crippen LogP contribution in [0.25, 0.3) is 16.3 Å². The molecule has 3 fully saturated rings. The summed E-state index contributed by atoms with van der Waals surface area (Å²) in [5.74, 6) is 0.0818. The van der Waals surface area contributed by atoms with Gasteiger partial charge in [0.05, 0.1) is 16.9 Å². The molecule has 2 aromatic heterocycles. The zero-order valence-electron chi connectivity index (χ0n) is 17.8. The van der Waals surface area contributed by atoms with E-state index < -0.39 is 12.3 Å². The Balaban J connectivity index is 1.36. The Labute approximate surface area is 184 Å². The number of benzene rings is 1. The Bertz CT molecular complexity index is 1100. The molecule has 2 aliphatic heterocycles. The van der Waals surface area contributed by atoms with Crippen molar-refractivity contribution in [1.29, 1.82) is 0 Å². The van der Waals surface area contributed by atoms with Crippen molar-refractivity contribution in [2.24, 2.45) is 5.41 Å². The molecule has 0 spiro atoms.